The summed E-state index contributed by atoms with van der Waals surface area (Å²) >= 11 is 1.79. The zero-order valence-corrected chi connectivity index (χ0v) is 17.8. The minimum Gasteiger partial charge on any atom is -0.366 e. The maximum absolute atomic E-state index is 13.2. The smallest absolute Gasteiger partial charge is 0.123 e. The van der Waals surface area contributed by atoms with E-state index in [1.54, 1.807) is 23.5 Å². The number of hydrogen-bond donors (Lipinski definition) is 2. The number of nitrogens with zero attached hydrogens (tertiary/aromatic N) is 2. The zero-order valence-electron chi connectivity index (χ0n) is 17.0. The molecule has 0 saturated carbocycles. The fourth-order valence-corrected chi connectivity index (χ4v) is 5.22. The summed E-state index contributed by atoms with van der Waals surface area (Å²) in [5.41, 5.74) is 3.64. The lowest BCUT2D eigenvalue weighted by Gasteiger charge is -2.36. The summed E-state index contributed by atoms with van der Waals surface area (Å²) in [7, 11) is 0. The highest BCUT2D eigenvalue weighted by Gasteiger charge is 2.26. The van der Waals surface area contributed by atoms with Gasteiger partial charge in [0, 0.05) is 53.7 Å². The predicted octanol–water partition coefficient (Wildman–Crippen LogP) is 2.82. The van der Waals surface area contributed by atoms with Crippen molar-refractivity contribution in [2.24, 2.45) is 0 Å². The van der Waals surface area contributed by atoms with Crippen LogP contribution in [-0.4, -0.2) is 35.6 Å². The highest BCUT2D eigenvalue weighted by atomic mass is 32.1. The van der Waals surface area contributed by atoms with E-state index >= 15 is 0 Å². The van der Waals surface area contributed by atoms with Gasteiger partial charge in [-0.2, -0.15) is 0 Å². The second kappa shape index (κ2) is 8.20. The van der Waals surface area contributed by atoms with Gasteiger partial charge in [0.05, 0.1) is 11.0 Å². The topological polar surface area (TPSA) is 40.2 Å². The van der Waals surface area contributed by atoms with E-state index in [2.05, 4.69) is 40.8 Å². The average Bonchev–Trinajstić information content (AvgIpc) is 3.06. The summed E-state index contributed by atoms with van der Waals surface area (Å²) in [6, 6.07) is 13.6. The normalized spacial score (nSPS) is 18.1. The molecule has 154 valence electrons. The van der Waals surface area contributed by atoms with Gasteiger partial charge in [0.25, 0.3) is 0 Å². The number of fused-ring (bicyclic) bond motifs is 2. The molecule has 3 aromatic rings. The van der Waals surface area contributed by atoms with Gasteiger partial charge in [-0.1, -0.05) is 12.1 Å². The first kappa shape index (κ1) is 19.3. The number of rotatable bonds is 4. The summed E-state index contributed by atoms with van der Waals surface area (Å²) in [6.45, 7) is 4.98. The van der Waals surface area contributed by atoms with Gasteiger partial charge in [0.1, 0.15) is 10.8 Å². The molecule has 0 radical (unpaired) electrons. The molecule has 1 unspecified atom stereocenters. The van der Waals surface area contributed by atoms with Crippen LogP contribution in [0.1, 0.15) is 22.4 Å². The first-order chi connectivity index (χ1) is 14.7. The molecule has 1 aromatic carbocycles. The van der Waals surface area contributed by atoms with Crippen LogP contribution in [0.3, 0.4) is 0 Å². The SMILES string of the molecule is Cc1cc2c(s1)NC=c1cccnc1=C2N1CCNC(CCc2ccc(F)cc2)C1. The predicted molar refractivity (Wildman–Crippen MR) is 121 cm³/mol. The largest absolute Gasteiger partial charge is 0.366 e. The third kappa shape index (κ3) is 3.85. The maximum Gasteiger partial charge on any atom is 0.123 e. The van der Waals surface area contributed by atoms with Gasteiger partial charge in [0.15, 0.2) is 0 Å². The van der Waals surface area contributed by atoms with Crippen molar-refractivity contribution in [3.05, 3.63) is 81.1 Å². The molecule has 0 spiro atoms. The molecule has 30 heavy (non-hydrogen) atoms. The van der Waals surface area contributed by atoms with Crippen LogP contribution >= 0.6 is 11.3 Å². The summed E-state index contributed by atoms with van der Waals surface area (Å²) in [5.74, 6) is -0.177. The van der Waals surface area contributed by atoms with Gasteiger partial charge in [0.2, 0.25) is 0 Å². The van der Waals surface area contributed by atoms with Crippen LogP contribution in [0.15, 0.2) is 48.7 Å². The lowest BCUT2D eigenvalue weighted by atomic mass is 10.0. The molecule has 2 aromatic heterocycles. The molecule has 5 rings (SSSR count). The second-order valence-electron chi connectivity index (χ2n) is 7.94. The minimum absolute atomic E-state index is 0.177. The van der Waals surface area contributed by atoms with Gasteiger partial charge in [-0.3, -0.25) is 4.98 Å². The Morgan fingerprint density at radius 1 is 1.23 bits per heavy atom. The highest BCUT2D eigenvalue weighted by molar-refractivity contribution is 7.16. The molecule has 1 saturated heterocycles. The lowest BCUT2D eigenvalue weighted by molar-refractivity contribution is 0.268. The number of thiophene rings is 1. The average molecular weight is 421 g/mol. The van der Waals surface area contributed by atoms with E-state index in [4.69, 9.17) is 4.98 Å². The number of nitrogens with one attached hydrogen (secondary N) is 2. The van der Waals surface area contributed by atoms with Crippen LogP contribution < -0.4 is 21.2 Å². The van der Waals surface area contributed by atoms with Crippen molar-refractivity contribution >= 4 is 28.2 Å². The molecule has 0 aliphatic carbocycles. The van der Waals surface area contributed by atoms with Crippen LogP contribution in [0.5, 0.6) is 0 Å². The van der Waals surface area contributed by atoms with Gasteiger partial charge in [-0.25, -0.2) is 4.39 Å². The Labute approximate surface area is 179 Å². The summed E-state index contributed by atoms with van der Waals surface area (Å²) in [5, 5.41) is 10.5. The van der Waals surface area contributed by atoms with E-state index in [-0.39, 0.29) is 5.82 Å². The maximum atomic E-state index is 13.2. The van der Waals surface area contributed by atoms with E-state index in [0.29, 0.717) is 6.04 Å². The van der Waals surface area contributed by atoms with Gasteiger partial charge >= 0.3 is 0 Å². The second-order valence-corrected chi connectivity index (χ2v) is 9.20. The molecule has 1 fully saturated rings. The van der Waals surface area contributed by atoms with Crippen LogP contribution in [0, 0.1) is 12.7 Å². The highest BCUT2D eigenvalue weighted by Crippen LogP contribution is 2.34. The number of aromatic nitrogens is 1. The van der Waals surface area contributed by atoms with Crippen molar-refractivity contribution < 1.29 is 4.39 Å². The van der Waals surface area contributed by atoms with Crippen molar-refractivity contribution in [2.75, 3.05) is 25.0 Å². The van der Waals surface area contributed by atoms with Crippen molar-refractivity contribution in [3.63, 3.8) is 0 Å². The Bertz CT molecular complexity index is 1170. The standard InChI is InChI=1S/C24H25FN4S/c1-16-13-21-23(22-18(3-2-10-27-22)14-28-24(21)30-16)29-12-11-26-20(15-29)9-6-17-4-7-19(25)8-5-17/h2-5,7-8,10,13-14,20,26,28H,6,9,11-12,15H2,1H3. The number of hydrogen-bond acceptors (Lipinski definition) is 5. The molecular weight excluding hydrogens is 395 g/mol. The Hall–Kier alpha value is -2.70. The Morgan fingerprint density at radius 3 is 2.97 bits per heavy atom. The first-order valence-electron chi connectivity index (χ1n) is 10.4. The van der Waals surface area contributed by atoms with Crippen LogP contribution in [0.2, 0.25) is 0 Å². The first-order valence-corrected chi connectivity index (χ1v) is 11.2. The molecule has 1 atom stereocenters. The van der Waals surface area contributed by atoms with E-state index in [9.17, 15) is 4.39 Å². The van der Waals surface area contributed by atoms with Gasteiger partial charge in [-0.15, -0.1) is 11.3 Å². The Morgan fingerprint density at radius 2 is 2.10 bits per heavy atom. The Kier molecular flexibility index (Phi) is 5.27. The molecule has 4 heterocycles. The minimum atomic E-state index is -0.177. The molecular formula is C24H25FN4S. The number of pyridine rings is 1. The van der Waals surface area contributed by atoms with Crippen LogP contribution in [0.25, 0.3) is 11.9 Å². The van der Waals surface area contributed by atoms with Crippen molar-refractivity contribution in [3.8, 4) is 0 Å². The van der Waals surface area contributed by atoms with Crippen molar-refractivity contribution in [1.29, 1.82) is 0 Å². The third-order valence-electron chi connectivity index (χ3n) is 5.80. The Balaban J connectivity index is 1.44. The fourth-order valence-electron chi connectivity index (χ4n) is 4.33. The monoisotopic (exact) mass is 420 g/mol. The van der Waals surface area contributed by atoms with E-state index in [1.807, 2.05) is 24.4 Å². The van der Waals surface area contributed by atoms with Crippen molar-refractivity contribution in [1.82, 2.24) is 15.2 Å². The number of benzene rings is 1. The molecule has 2 N–H and O–H groups in total. The number of piperazine rings is 1. The van der Waals surface area contributed by atoms with Gasteiger partial charge < -0.3 is 15.5 Å². The van der Waals surface area contributed by atoms with E-state index < -0.39 is 0 Å². The molecule has 2 aliphatic heterocycles. The summed E-state index contributed by atoms with van der Waals surface area (Å²) in [6.07, 6.45) is 5.90. The summed E-state index contributed by atoms with van der Waals surface area (Å²) in [4.78, 5) is 8.55. The molecule has 2 aliphatic rings. The lowest BCUT2D eigenvalue weighted by Crippen LogP contribution is -2.51. The number of anilines is 1. The van der Waals surface area contributed by atoms with Crippen LogP contribution in [0.4, 0.5) is 9.39 Å². The fraction of sp³-hybridized carbons (Fsp3) is 0.292. The third-order valence-corrected chi connectivity index (χ3v) is 6.78. The van der Waals surface area contributed by atoms with Gasteiger partial charge in [-0.05, 0) is 55.7 Å². The molecule has 6 heteroatoms. The number of aryl methyl sites for hydroxylation is 2. The van der Waals surface area contributed by atoms with Crippen molar-refractivity contribution in [2.45, 2.75) is 25.8 Å². The number of halogens is 1. The quantitative estimate of drug-likeness (QED) is 0.681. The zero-order chi connectivity index (χ0) is 20.5. The molecule has 0 bridgehead atoms. The molecule has 4 nitrogen and oxygen atoms in total. The van der Waals surface area contributed by atoms with E-state index in [1.165, 1.54) is 26.7 Å². The van der Waals surface area contributed by atoms with Crippen LogP contribution in [-0.2, 0) is 6.42 Å². The molecule has 0 amide bonds. The summed E-state index contributed by atoms with van der Waals surface area (Å²) < 4.78 is 13.2. The van der Waals surface area contributed by atoms with E-state index in [0.717, 1.165) is 43.0 Å².